The summed E-state index contributed by atoms with van der Waals surface area (Å²) >= 11 is 0. The Labute approximate surface area is 76.0 Å². The normalized spacial score (nSPS) is 14.4. The lowest BCUT2D eigenvalue weighted by Crippen LogP contribution is -2.16. The largest absolute Gasteiger partial charge is 0.391 e. The van der Waals surface area contributed by atoms with E-state index in [2.05, 4.69) is 5.10 Å². The average molecular weight is 205 g/mol. The molecular formula is C6H11N3O3S. The quantitative estimate of drug-likeness (QED) is 0.655. The summed E-state index contributed by atoms with van der Waals surface area (Å²) in [5, 5.41) is 17.3. The van der Waals surface area contributed by atoms with Gasteiger partial charge in [-0.1, -0.05) is 0 Å². The van der Waals surface area contributed by atoms with Gasteiger partial charge < -0.3 is 5.11 Å². The molecule has 0 aliphatic rings. The summed E-state index contributed by atoms with van der Waals surface area (Å²) in [7, 11) is -3.73. The van der Waals surface area contributed by atoms with Crippen molar-refractivity contribution in [3.63, 3.8) is 0 Å². The van der Waals surface area contributed by atoms with Crippen LogP contribution in [-0.2, 0) is 16.6 Å². The topological polar surface area (TPSA) is 98.2 Å². The van der Waals surface area contributed by atoms with Crippen molar-refractivity contribution < 1.29 is 13.5 Å². The van der Waals surface area contributed by atoms with Crippen molar-refractivity contribution in [3.05, 3.63) is 12.3 Å². The summed E-state index contributed by atoms with van der Waals surface area (Å²) in [4.78, 5) is 0. The van der Waals surface area contributed by atoms with Crippen LogP contribution in [0.4, 0.5) is 0 Å². The third-order valence-corrected chi connectivity index (χ3v) is 2.16. The lowest BCUT2D eigenvalue weighted by molar-refractivity contribution is 0.168. The molecule has 0 aliphatic heterocycles. The van der Waals surface area contributed by atoms with Gasteiger partial charge in [0, 0.05) is 6.20 Å². The van der Waals surface area contributed by atoms with E-state index in [1.54, 1.807) is 6.92 Å². The van der Waals surface area contributed by atoms with Gasteiger partial charge in [0.1, 0.15) is 0 Å². The minimum absolute atomic E-state index is 0.187. The molecule has 0 spiro atoms. The van der Waals surface area contributed by atoms with Crippen LogP contribution in [0.15, 0.2) is 17.3 Å². The molecular weight excluding hydrogens is 194 g/mol. The molecule has 0 saturated carbocycles. The van der Waals surface area contributed by atoms with Crippen LogP contribution < -0.4 is 5.14 Å². The van der Waals surface area contributed by atoms with E-state index in [9.17, 15) is 8.42 Å². The summed E-state index contributed by atoms with van der Waals surface area (Å²) in [5.74, 6) is 0. The maximum atomic E-state index is 10.8. The molecule has 1 aromatic heterocycles. The molecule has 6 nitrogen and oxygen atoms in total. The van der Waals surface area contributed by atoms with E-state index >= 15 is 0 Å². The lowest BCUT2D eigenvalue weighted by atomic mass is 10.4. The van der Waals surface area contributed by atoms with Crippen LogP contribution in [0.2, 0.25) is 0 Å². The second kappa shape index (κ2) is 3.44. The number of aromatic nitrogens is 2. The summed E-state index contributed by atoms with van der Waals surface area (Å²) < 4.78 is 22.9. The van der Waals surface area contributed by atoms with Crippen LogP contribution in [0.25, 0.3) is 0 Å². The van der Waals surface area contributed by atoms with Crippen LogP contribution >= 0.6 is 0 Å². The van der Waals surface area contributed by atoms with Gasteiger partial charge in [-0.05, 0) is 13.0 Å². The number of sulfonamides is 1. The average Bonchev–Trinajstić information content (AvgIpc) is 2.32. The van der Waals surface area contributed by atoms with Crippen LogP contribution in [0.1, 0.15) is 6.92 Å². The van der Waals surface area contributed by atoms with Crippen molar-refractivity contribution >= 4 is 10.0 Å². The Morgan fingerprint density at radius 3 is 2.77 bits per heavy atom. The van der Waals surface area contributed by atoms with Crippen molar-refractivity contribution in [2.24, 2.45) is 5.14 Å². The zero-order valence-electron chi connectivity index (χ0n) is 7.08. The van der Waals surface area contributed by atoms with Gasteiger partial charge in [-0.25, -0.2) is 13.6 Å². The van der Waals surface area contributed by atoms with Gasteiger partial charge in [-0.3, -0.25) is 4.68 Å². The molecule has 0 bridgehead atoms. The fraction of sp³-hybridized carbons (Fsp3) is 0.500. The Morgan fingerprint density at radius 2 is 2.38 bits per heavy atom. The van der Waals surface area contributed by atoms with Gasteiger partial charge in [0.2, 0.25) is 0 Å². The smallest absolute Gasteiger partial charge is 0.257 e. The van der Waals surface area contributed by atoms with Gasteiger partial charge in [-0.2, -0.15) is 5.10 Å². The maximum absolute atomic E-state index is 10.8. The highest BCUT2D eigenvalue weighted by Gasteiger charge is 2.11. The lowest BCUT2D eigenvalue weighted by Gasteiger charge is -2.02. The van der Waals surface area contributed by atoms with E-state index in [4.69, 9.17) is 10.2 Å². The van der Waals surface area contributed by atoms with E-state index in [1.165, 1.54) is 16.9 Å². The van der Waals surface area contributed by atoms with Crippen molar-refractivity contribution in [2.45, 2.75) is 24.6 Å². The predicted molar refractivity (Wildman–Crippen MR) is 45.3 cm³/mol. The Hall–Kier alpha value is -0.920. The highest BCUT2D eigenvalue weighted by molar-refractivity contribution is 7.89. The van der Waals surface area contributed by atoms with Crippen LogP contribution in [0, 0.1) is 0 Å². The molecule has 1 atom stereocenters. The molecule has 1 heterocycles. The number of hydrogen-bond acceptors (Lipinski definition) is 4. The van der Waals surface area contributed by atoms with Gasteiger partial charge in [0.15, 0.2) is 5.03 Å². The Kier molecular flexibility index (Phi) is 2.69. The highest BCUT2D eigenvalue weighted by Crippen LogP contribution is 2.02. The van der Waals surface area contributed by atoms with Gasteiger partial charge in [0.05, 0.1) is 12.6 Å². The highest BCUT2D eigenvalue weighted by atomic mass is 32.2. The predicted octanol–water partition coefficient (Wildman–Crippen LogP) is -1.09. The van der Waals surface area contributed by atoms with Gasteiger partial charge in [-0.15, -0.1) is 0 Å². The number of primary sulfonamides is 1. The molecule has 0 unspecified atom stereocenters. The molecule has 0 aromatic carbocycles. The SMILES string of the molecule is C[C@@H](O)Cn1ccc(S(N)(=O)=O)n1. The molecule has 1 rings (SSSR count). The third-order valence-electron chi connectivity index (χ3n) is 1.36. The monoisotopic (exact) mass is 205 g/mol. The van der Waals surface area contributed by atoms with E-state index < -0.39 is 16.1 Å². The molecule has 0 aliphatic carbocycles. The number of nitrogens with two attached hydrogens (primary N) is 1. The fourth-order valence-electron chi connectivity index (χ4n) is 0.867. The van der Waals surface area contributed by atoms with Crippen LogP contribution in [-0.4, -0.2) is 29.4 Å². The molecule has 1 aromatic rings. The van der Waals surface area contributed by atoms with Crippen molar-refractivity contribution in [3.8, 4) is 0 Å². The van der Waals surface area contributed by atoms with Crippen LogP contribution in [0.3, 0.4) is 0 Å². The summed E-state index contributed by atoms with van der Waals surface area (Å²) in [6.07, 6.45) is 0.875. The van der Waals surface area contributed by atoms with Crippen molar-refractivity contribution in [2.75, 3.05) is 0 Å². The number of aliphatic hydroxyl groups excluding tert-OH is 1. The summed E-state index contributed by atoms with van der Waals surface area (Å²) in [6.45, 7) is 1.83. The van der Waals surface area contributed by atoms with Crippen molar-refractivity contribution in [1.82, 2.24) is 9.78 Å². The zero-order valence-corrected chi connectivity index (χ0v) is 7.90. The first-order valence-corrected chi connectivity index (χ1v) is 5.18. The maximum Gasteiger partial charge on any atom is 0.257 e. The second-order valence-corrected chi connectivity index (χ2v) is 4.28. The Bertz CT molecular complexity index is 382. The van der Waals surface area contributed by atoms with E-state index in [0.29, 0.717) is 0 Å². The number of aliphatic hydroxyl groups is 1. The molecule has 0 fully saturated rings. The first-order valence-electron chi connectivity index (χ1n) is 3.64. The van der Waals surface area contributed by atoms with E-state index in [-0.39, 0.29) is 11.6 Å². The Morgan fingerprint density at radius 1 is 1.77 bits per heavy atom. The first-order chi connectivity index (χ1) is 5.89. The van der Waals surface area contributed by atoms with Crippen molar-refractivity contribution in [1.29, 1.82) is 0 Å². The number of hydrogen-bond donors (Lipinski definition) is 2. The van der Waals surface area contributed by atoms with E-state index in [1.807, 2.05) is 0 Å². The third kappa shape index (κ3) is 2.79. The molecule has 7 heteroatoms. The fourth-order valence-corrected chi connectivity index (χ4v) is 1.34. The Balaban J connectivity index is 2.88. The molecule has 0 saturated heterocycles. The first kappa shape index (κ1) is 10.2. The summed E-state index contributed by atoms with van der Waals surface area (Å²) in [5.41, 5.74) is 0. The molecule has 3 N–H and O–H groups in total. The second-order valence-electron chi connectivity index (χ2n) is 2.77. The van der Waals surface area contributed by atoms with Gasteiger partial charge >= 0.3 is 0 Å². The standard InChI is InChI=1S/C6H11N3O3S/c1-5(10)4-9-3-2-6(8-9)13(7,11)12/h2-3,5,10H,4H2,1H3,(H2,7,11,12)/t5-/m1/s1. The molecule has 0 amide bonds. The minimum Gasteiger partial charge on any atom is -0.391 e. The number of nitrogens with zero attached hydrogens (tertiary/aromatic N) is 2. The van der Waals surface area contributed by atoms with E-state index in [0.717, 1.165) is 0 Å². The zero-order chi connectivity index (χ0) is 10.1. The van der Waals surface area contributed by atoms with Crippen LogP contribution in [0.5, 0.6) is 0 Å². The molecule has 0 radical (unpaired) electrons. The number of rotatable bonds is 3. The molecule has 13 heavy (non-hydrogen) atoms. The minimum atomic E-state index is -3.73. The van der Waals surface area contributed by atoms with Gasteiger partial charge in [0.25, 0.3) is 10.0 Å². The molecule has 74 valence electrons. The summed E-state index contributed by atoms with van der Waals surface area (Å²) in [6, 6.07) is 1.29.